The van der Waals surface area contributed by atoms with Gasteiger partial charge in [-0.1, -0.05) is 19.1 Å². The molecule has 0 saturated carbocycles. The highest BCUT2D eigenvalue weighted by molar-refractivity contribution is 5.77. The van der Waals surface area contributed by atoms with Crippen molar-refractivity contribution >= 4 is 17.0 Å². The molecule has 4 heteroatoms. The van der Waals surface area contributed by atoms with Gasteiger partial charge in [0.15, 0.2) is 0 Å². The predicted octanol–water partition coefficient (Wildman–Crippen LogP) is 2.71. The van der Waals surface area contributed by atoms with E-state index >= 15 is 0 Å². The summed E-state index contributed by atoms with van der Waals surface area (Å²) in [5.41, 5.74) is 2.50. The van der Waals surface area contributed by atoms with E-state index in [9.17, 15) is 0 Å². The monoisotopic (exact) mass is 258 g/mol. The van der Waals surface area contributed by atoms with Gasteiger partial charge in [-0.05, 0) is 50.5 Å². The first-order valence-corrected chi connectivity index (χ1v) is 7.02. The minimum absolute atomic E-state index is 0.380. The Morgan fingerprint density at radius 1 is 1.32 bits per heavy atom. The number of likely N-dealkylation sites (tertiary alicyclic amines) is 1. The molecule has 1 aromatic carbocycles. The Morgan fingerprint density at radius 2 is 2.05 bits per heavy atom. The van der Waals surface area contributed by atoms with Crippen molar-refractivity contribution in [3.63, 3.8) is 0 Å². The smallest absolute Gasteiger partial charge is 0.201 e. The van der Waals surface area contributed by atoms with E-state index in [0.717, 1.165) is 23.5 Å². The number of imidazole rings is 1. The summed E-state index contributed by atoms with van der Waals surface area (Å²) in [5.74, 6) is 0.890. The number of aromatic amines is 1. The van der Waals surface area contributed by atoms with Gasteiger partial charge in [0.25, 0.3) is 0 Å². The molecule has 4 nitrogen and oxygen atoms in total. The molecule has 0 aliphatic carbocycles. The Hall–Kier alpha value is -1.55. The molecule has 1 aliphatic rings. The van der Waals surface area contributed by atoms with Gasteiger partial charge in [0.2, 0.25) is 5.95 Å². The zero-order valence-corrected chi connectivity index (χ0v) is 11.7. The van der Waals surface area contributed by atoms with Gasteiger partial charge in [-0.15, -0.1) is 0 Å². The number of anilines is 1. The highest BCUT2D eigenvalue weighted by atomic mass is 15.1. The number of H-pyrrole nitrogens is 1. The minimum Gasteiger partial charge on any atom is -0.355 e. The van der Waals surface area contributed by atoms with Crippen molar-refractivity contribution in [1.82, 2.24) is 14.9 Å². The highest BCUT2D eigenvalue weighted by Crippen LogP contribution is 2.30. The zero-order valence-electron chi connectivity index (χ0n) is 11.7. The number of fused-ring (bicyclic) bond motifs is 1. The molecule has 1 fully saturated rings. The summed E-state index contributed by atoms with van der Waals surface area (Å²) < 4.78 is 0. The minimum atomic E-state index is 0.380. The fourth-order valence-corrected chi connectivity index (χ4v) is 2.67. The van der Waals surface area contributed by atoms with E-state index in [1.807, 2.05) is 18.2 Å². The van der Waals surface area contributed by atoms with Gasteiger partial charge in [-0.3, -0.25) is 0 Å². The summed E-state index contributed by atoms with van der Waals surface area (Å²) in [6.45, 7) is 5.74. The Kier molecular flexibility index (Phi) is 3.19. The van der Waals surface area contributed by atoms with E-state index in [1.54, 1.807) is 0 Å². The van der Waals surface area contributed by atoms with E-state index in [4.69, 9.17) is 0 Å². The molecule has 0 amide bonds. The van der Waals surface area contributed by atoms with E-state index in [1.165, 1.54) is 25.9 Å². The van der Waals surface area contributed by atoms with Crippen LogP contribution in [0.15, 0.2) is 24.3 Å². The Labute approximate surface area is 114 Å². The molecule has 1 saturated heterocycles. The van der Waals surface area contributed by atoms with Gasteiger partial charge in [-0.2, -0.15) is 0 Å². The third-order valence-electron chi connectivity index (χ3n) is 4.27. The zero-order chi connectivity index (χ0) is 13.3. The van der Waals surface area contributed by atoms with Crippen molar-refractivity contribution in [2.24, 2.45) is 5.41 Å². The van der Waals surface area contributed by atoms with Gasteiger partial charge in [0.05, 0.1) is 11.0 Å². The van der Waals surface area contributed by atoms with E-state index in [-0.39, 0.29) is 0 Å². The predicted molar refractivity (Wildman–Crippen MR) is 79.4 cm³/mol. The van der Waals surface area contributed by atoms with Crippen LogP contribution in [0.1, 0.15) is 19.8 Å². The van der Waals surface area contributed by atoms with E-state index < -0.39 is 0 Å². The SMILES string of the molecule is CN1CCC(C)(CNc2nc3ccccc3[nH]2)CC1. The second-order valence-corrected chi connectivity index (χ2v) is 6.07. The van der Waals surface area contributed by atoms with Gasteiger partial charge in [0.1, 0.15) is 0 Å². The number of rotatable bonds is 3. The lowest BCUT2D eigenvalue weighted by Crippen LogP contribution is -2.40. The average Bonchev–Trinajstić information content (AvgIpc) is 2.83. The molecule has 2 heterocycles. The number of hydrogen-bond donors (Lipinski definition) is 2. The van der Waals surface area contributed by atoms with Crippen molar-refractivity contribution in [2.45, 2.75) is 19.8 Å². The maximum Gasteiger partial charge on any atom is 0.201 e. The number of hydrogen-bond acceptors (Lipinski definition) is 3. The van der Waals surface area contributed by atoms with Crippen LogP contribution in [0.5, 0.6) is 0 Å². The summed E-state index contributed by atoms with van der Waals surface area (Å²) in [5, 5.41) is 3.47. The van der Waals surface area contributed by atoms with Crippen LogP contribution in [0.25, 0.3) is 11.0 Å². The summed E-state index contributed by atoms with van der Waals surface area (Å²) in [6.07, 6.45) is 2.49. The molecule has 0 bridgehead atoms. The van der Waals surface area contributed by atoms with Crippen molar-refractivity contribution < 1.29 is 0 Å². The van der Waals surface area contributed by atoms with Crippen LogP contribution in [0.4, 0.5) is 5.95 Å². The normalized spacial score (nSPS) is 19.7. The molecule has 19 heavy (non-hydrogen) atoms. The lowest BCUT2D eigenvalue weighted by Gasteiger charge is -2.37. The Morgan fingerprint density at radius 3 is 2.79 bits per heavy atom. The molecule has 0 spiro atoms. The maximum absolute atomic E-state index is 4.57. The molecule has 0 unspecified atom stereocenters. The third-order valence-corrected chi connectivity index (χ3v) is 4.27. The van der Waals surface area contributed by atoms with E-state index in [0.29, 0.717) is 5.41 Å². The van der Waals surface area contributed by atoms with Crippen molar-refractivity contribution in [3.8, 4) is 0 Å². The third kappa shape index (κ3) is 2.73. The Balaban J connectivity index is 1.65. The van der Waals surface area contributed by atoms with Crippen LogP contribution in [-0.2, 0) is 0 Å². The number of nitrogens with one attached hydrogen (secondary N) is 2. The van der Waals surface area contributed by atoms with Crippen LogP contribution in [-0.4, -0.2) is 41.5 Å². The van der Waals surface area contributed by atoms with Crippen LogP contribution in [0.3, 0.4) is 0 Å². The summed E-state index contributed by atoms with van der Waals surface area (Å²) in [7, 11) is 2.20. The van der Waals surface area contributed by atoms with Crippen molar-refractivity contribution in [1.29, 1.82) is 0 Å². The first kappa shape index (κ1) is 12.5. The van der Waals surface area contributed by atoms with Crippen LogP contribution < -0.4 is 5.32 Å². The molecular weight excluding hydrogens is 236 g/mol. The Bertz CT molecular complexity index is 519. The molecule has 1 aliphatic heterocycles. The average molecular weight is 258 g/mol. The number of piperidine rings is 1. The molecule has 2 N–H and O–H groups in total. The number of benzene rings is 1. The summed E-state index contributed by atoms with van der Waals surface area (Å²) >= 11 is 0. The van der Waals surface area contributed by atoms with Gasteiger partial charge >= 0.3 is 0 Å². The van der Waals surface area contributed by atoms with Gasteiger partial charge < -0.3 is 15.2 Å². The number of para-hydroxylation sites is 2. The summed E-state index contributed by atoms with van der Waals surface area (Å²) in [6, 6.07) is 8.15. The lowest BCUT2D eigenvalue weighted by molar-refractivity contribution is 0.150. The van der Waals surface area contributed by atoms with Crippen LogP contribution in [0.2, 0.25) is 0 Å². The molecule has 0 atom stereocenters. The number of aromatic nitrogens is 2. The largest absolute Gasteiger partial charge is 0.355 e. The highest BCUT2D eigenvalue weighted by Gasteiger charge is 2.28. The van der Waals surface area contributed by atoms with Gasteiger partial charge in [0, 0.05) is 6.54 Å². The lowest BCUT2D eigenvalue weighted by atomic mass is 9.80. The fraction of sp³-hybridized carbons (Fsp3) is 0.533. The molecule has 0 radical (unpaired) electrons. The number of nitrogens with zero attached hydrogens (tertiary/aromatic N) is 2. The van der Waals surface area contributed by atoms with Crippen molar-refractivity contribution in [2.75, 3.05) is 32.0 Å². The first-order chi connectivity index (χ1) is 9.15. The quantitative estimate of drug-likeness (QED) is 0.889. The van der Waals surface area contributed by atoms with Crippen LogP contribution in [0, 0.1) is 5.41 Å². The second kappa shape index (κ2) is 4.85. The maximum atomic E-state index is 4.57. The molecule has 102 valence electrons. The standard InChI is InChI=1S/C15H22N4/c1-15(7-9-19(2)10-8-15)11-16-14-17-12-5-3-4-6-13(12)18-14/h3-6H,7-11H2,1-2H3,(H2,16,17,18). The summed E-state index contributed by atoms with van der Waals surface area (Å²) in [4.78, 5) is 10.3. The molecule has 3 rings (SSSR count). The van der Waals surface area contributed by atoms with Crippen molar-refractivity contribution in [3.05, 3.63) is 24.3 Å². The molecule has 1 aromatic heterocycles. The molecular formula is C15H22N4. The van der Waals surface area contributed by atoms with Crippen LogP contribution >= 0.6 is 0 Å². The molecule has 2 aromatic rings. The van der Waals surface area contributed by atoms with E-state index in [2.05, 4.69) is 40.2 Å². The fourth-order valence-electron chi connectivity index (χ4n) is 2.67. The topological polar surface area (TPSA) is 44.0 Å². The first-order valence-electron chi connectivity index (χ1n) is 7.02. The second-order valence-electron chi connectivity index (χ2n) is 6.07. The van der Waals surface area contributed by atoms with Gasteiger partial charge in [-0.25, -0.2) is 4.98 Å².